The molecule has 0 saturated carbocycles. The fraction of sp³-hybridized carbons (Fsp3) is 0.500. The van der Waals surface area contributed by atoms with Gasteiger partial charge >= 0.3 is 0 Å². The van der Waals surface area contributed by atoms with E-state index in [1.54, 1.807) is 6.07 Å². The molecule has 1 rings (SSSR count). The van der Waals surface area contributed by atoms with Gasteiger partial charge in [-0.05, 0) is 12.8 Å². The zero-order chi connectivity index (χ0) is 9.68. The Morgan fingerprint density at radius 3 is 2.92 bits per heavy atom. The number of aldehydes is 1. The maximum atomic E-state index is 10.5. The van der Waals surface area contributed by atoms with Crippen LogP contribution in [-0.4, -0.2) is 6.29 Å². The Kier molecular flexibility index (Phi) is 3.55. The topological polar surface area (TPSA) is 56.2 Å². The van der Waals surface area contributed by atoms with Crippen molar-refractivity contribution in [2.75, 3.05) is 5.73 Å². The summed E-state index contributed by atoms with van der Waals surface area (Å²) >= 11 is 0. The van der Waals surface area contributed by atoms with Gasteiger partial charge in [-0.25, -0.2) is 0 Å². The molecule has 3 nitrogen and oxygen atoms in total. The number of nitrogen functional groups attached to an aromatic ring is 1. The summed E-state index contributed by atoms with van der Waals surface area (Å²) in [6.07, 6.45) is 5.02. The quantitative estimate of drug-likeness (QED) is 0.560. The summed E-state index contributed by atoms with van der Waals surface area (Å²) in [6.45, 7) is 2.14. The van der Waals surface area contributed by atoms with E-state index in [-0.39, 0.29) is 0 Å². The molecule has 0 amide bonds. The summed E-state index contributed by atoms with van der Waals surface area (Å²) in [5.74, 6) is 0.710. The second-order valence-corrected chi connectivity index (χ2v) is 3.11. The third-order valence-corrected chi connectivity index (χ3v) is 2.02. The third kappa shape index (κ3) is 2.61. The number of unbranched alkanes of at least 4 members (excludes halogenated alkanes) is 2. The van der Waals surface area contributed by atoms with Gasteiger partial charge in [0.05, 0.1) is 0 Å². The van der Waals surface area contributed by atoms with Crippen LogP contribution in [0.25, 0.3) is 0 Å². The fourth-order valence-corrected chi connectivity index (χ4v) is 1.33. The molecule has 0 aliphatic carbocycles. The lowest BCUT2D eigenvalue weighted by Gasteiger charge is -1.95. The molecule has 0 aliphatic rings. The van der Waals surface area contributed by atoms with E-state index in [1.807, 2.05) is 0 Å². The molecule has 0 spiro atoms. The molecule has 13 heavy (non-hydrogen) atoms. The van der Waals surface area contributed by atoms with Gasteiger partial charge < -0.3 is 10.2 Å². The first-order valence-electron chi connectivity index (χ1n) is 4.61. The molecule has 72 valence electrons. The first kappa shape index (κ1) is 9.84. The highest BCUT2D eigenvalue weighted by Crippen LogP contribution is 2.17. The van der Waals surface area contributed by atoms with E-state index in [2.05, 4.69) is 6.92 Å². The first-order valence-corrected chi connectivity index (χ1v) is 4.61. The third-order valence-electron chi connectivity index (χ3n) is 2.02. The summed E-state index contributed by atoms with van der Waals surface area (Å²) < 4.78 is 5.00. The van der Waals surface area contributed by atoms with Crippen LogP contribution in [0.3, 0.4) is 0 Å². The average molecular weight is 181 g/mol. The molecule has 1 heterocycles. The molecule has 0 bridgehead atoms. The van der Waals surface area contributed by atoms with Gasteiger partial charge in [0.1, 0.15) is 0 Å². The Bertz CT molecular complexity index is 278. The normalized spacial score (nSPS) is 10.2. The lowest BCUT2D eigenvalue weighted by atomic mass is 10.1. The van der Waals surface area contributed by atoms with Crippen LogP contribution in [0.4, 0.5) is 5.88 Å². The number of anilines is 1. The largest absolute Gasteiger partial charge is 0.438 e. The van der Waals surface area contributed by atoms with Crippen molar-refractivity contribution in [2.45, 2.75) is 32.6 Å². The minimum atomic E-state index is 0.327. The van der Waals surface area contributed by atoms with Crippen LogP contribution in [0.5, 0.6) is 0 Å². The Balaban J connectivity index is 2.58. The van der Waals surface area contributed by atoms with Crippen LogP contribution in [0.2, 0.25) is 0 Å². The molecule has 1 aromatic rings. The van der Waals surface area contributed by atoms with E-state index in [1.165, 1.54) is 12.8 Å². The van der Waals surface area contributed by atoms with Crippen molar-refractivity contribution < 1.29 is 9.21 Å². The summed E-state index contributed by atoms with van der Waals surface area (Å²) in [5.41, 5.74) is 6.37. The van der Waals surface area contributed by atoms with E-state index in [4.69, 9.17) is 10.2 Å². The van der Waals surface area contributed by atoms with Gasteiger partial charge in [0.15, 0.2) is 17.9 Å². The lowest BCUT2D eigenvalue weighted by molar-refractivity contribution is 0.110. The molecule has 0 radical (unpaired) electrons. The van der Waals surface area contributed by atoms with E-state index in [0.717, 1.165) is 24.7 Å². The standard InChI is InChI=1S/C10H15NO2/c1-2-3-4-5-8-6-10(11)13-9(8)7-12/h6-7H,2-5,11H2,1H3. The minimum Gasteiger partial charge on any atom is -0.438 e. The predicted molar refractivity (Wildman–Crippen MR) is 51.7 cm³/mol. The van der Waals surface area contributed by atoms with Gasteiger partial charge in [-0.2, -0.15) is 0 Å². The van der Waals surface area contributed by atoms with Gasteiger partial charge in [-0.1, -0.05) is 19.8 Å². The number of furan rings is 1. The average Bonchev–Trinajstić information content (AvgIpc) is 2.47. The number of hydrogen-bond donors (Lipinski definition) is 1. The molecule has 0 unspecified atom stereocenters. The van der Waals surface area contributed by atoms with Gasteiger partial charge in [-0.3, -0.25) is 4.79 Å². The van der Waals surface area contributed by atoms with Gasteiger partial charge in [0.25, 0.3) is 0 Å². The maximum absolute atomic E-state index is 10.5. The van der Waals surface area contributed by atoms with E-state index in [0.29, 0.717) is 11.6 Å². The molecule has 0 saturated heterocycles. The molecule has 0 atom stereocenters. The van der Waals surface area contributed by atoms with Crippen molar-refractivity contribution in [1.29, 1.82) is 0 Å². The Morgan fingerprint density at radius 2 is 2.31 bits per heavy atom. The molecular weight excluding hydrogens is 166 g/mol. The first-order chi connectivity index (χ1) is 6.27. The van der Waals surface area contributed by atoms with Crippen LogP contribution in [0.15, 0.2) is 10.5 Å². The van der Waals surface area contributed by atoms with Gasteiger partial charge in [0.2, 0.25) is 0 Å². The van der Waals surface area contributed by atoms with Crippen molar-refractivity contribution in [2.24, 2.45) is 0 Å². The lowest BCUT2D eigenvalue weighted by Crippen LogP contribution is -1.87. The Labute approximate surface area is 77.9 Å². The van der Waals surface area contributed by atoms with Gasteiger partial charge in [0, 0.05) is 11.6 Å². The smallest absolute Gasteiger partial charge is 0.191 e. The van der Waals surface area contributed by atoms with Crippen molar-refractivity contribution in [3.8, 4) is 0 Å². The summed E-state index contributed by atoms with van der Waals surface area (Å²) in [4.78, 5) is 10.5. The number of rotatable bonds is 5. The fourth-order valence-electron chi connectivity index (χ4n) is 1.33. The highest BCUT2D eigenvalue weighted by atomic mass is 16.4. The van der Waals surface area contributed by atoms with Crippen molar-refractivity contribution >= 4 is 12.2 Å². The Morgan fingerprint density at radius 1 is 1.54 bits per heavy atom. The molecule has 2 N–H and O–H groups in total. The predicted octanol–water partition coefficient (Wildman–Crippen LogP) is 2.41. The molecule has 3 heteroatoms. The number of carbonyl (C=O) groups excluding carboxylic acids is 1. The van der Waals surface area contributed by atoms with E-state index in [9.17, 15) is 4.79 Å². The van der Waals surface area contributed by atoms with Crippen LogP contribution in [0, 0.1) is 0 Å². The Hall–Kier alpha value is -1.25. The molecule has 0 fully saturated rings. The minimum absolute atomic E-state index is 0.327. The van der Waals surface area contributed by atoms with E-state index >= 15 is 0 Å². The van der Waals surface area contributed by atoms with Crippen molar-refractivity contribution in [3.05, 3.63) is 17.4 Å². The molecular formula is C10H15NO2. The van der Waals surface area contributed by atoms with Crippen molar-refractivity contribution in [1.82, 2.24) is 0 Å². The molecule has 0 aromatic carbocycles. The second kappa shape index (κ2) is 4.70. The highest BCUT2D eigenvalue weighted by molar-refractivity contribution is 5.74. The van der Waals surface area contributed by atoms with E-state index < -0.39 is 0 Å². The zero-order valence-electron chi connectivity index (χ0n) is 7.88. The number of aryl methyl sites for hydroxylation is 1. The summed E-state index contributed by atoms with van der Waals surface area (Å²) in [7, 11) is 0. The maximum Gasteiger partial charge on any atom is 0.191 e. The van der Waals surface area contributed by atoms with Crippen LogP contribution < -0.4 is 5.73 Å². The van der Waals surface area contributed by atoms with Crippen LogP contribution >= 0.6 is 0 Å². The molecule has 0 aliphatic heterocycles. The zero-order valence-corrected chi connectivity index (χ0v) is 7.88. The number of carbonyl (C=O) groups is 1. The SMILES string of the molecule is CCCCCc1cc(N)oc1C=O. The second-order valence-electron chi connectivity index (χ2n) is 3.11. The van der Waals surface area contributed by atoms with Crippen LogP contribution in [0.1, 0.15) is 42.3 Å². The number of nitrogens with two attached hydrogens (primary N) is 1. The van der Waals surface area contributed by atoms with Gasteiger partial charge in [-0.15, -0.1) is 0 Å². The summed E-state index contributed by atoms with van der Waals surface area (Å²) in [5, 5.41) is 0. The monoisotopic (exact) mass is 181 g/mol. The highest BCUT2D eigenvalue weighted by Gasteiger charge is 2.07. The van der Waals surface area contributed by atoms with Crippen molar-refractivity contribution in [3.63, 3.8) is 0 Å². The summed E-state index contributed by atoms with van der Waals surface area (Å²) in [6, 6.07) is 1.74. The number of hydrogen-bond acceptors (Lipinski definition) is 3. The molecule has 1 aromatic heterocycles. The van der Waals surface area contributed by atoms with Crippen LogP contribution in [-0.2, 0) is 6.42 Å².